The van der Waals surface area contributed by atoms with Crippen LogP contribution in [0.2, 0.25) is 0 Å². The summed E-state index contributed by atoms with van der Waals surface area (Å²) in [5.41, 5.74) is 0. The summed E-state index contributed by atoms with van der Waals surface area (Å²) in [6, 6.07) is 0. The van der Waals surface area contributed by atoms with E-state index in [2.05, 4.69) is 41.5 Å². The van der Waals surface area contributed by atoms with Crippen molar-refractivity contribution in [2.24, 2.45) is 47.3 Å². The zero-order valence-electron chi connectivity index (χ0n) is 14.2. The SMILES string of the molecule is CCC(C)C1CC(C(C)C)CC2CC(C)CC2C1C. The van der Waals surface area contributed by atoms with Crippen molar-refractivity contribution >= 4 is 0 Å². The molecule has 0 bridgehead atoms. The molecule has 0 nitrogen and oxygen atoms in total. The summed E-state index contributed by atoms with van der Waals surface area (Å²) in [5, 5.41) is 0. The number of hydrogen-bond donors (Lipinski definition) is 0. The molecule has 0 spiro atoms. The molecular formula is C19H36. The van der Waals surface area contributed by atoms with Gasteiger partial charge in [-0.05, 0) is 73.0 Å². The third-order valence-corrected chi connectivity index (χ3v) is 6.83. The first kappa shape index (κ1) is 15.4. The minimum absolute atomic E-state index is 0.883. The maximum absolute atomic E-state index is 2.59. The van der Waals surface area contributed by atoms with Gasteiger partial charge in [0.15, 0.2) is 0 Å². The maximum atomic E-state index is 2.59. The highest BCUT2D eigenvalue weighted by Crippen LogP contribution is 2.52. The second-order valence-electron chi connectivity index (χ2n) is 8.38. The van der Waals surface area contributed by atoms with E-state index in [4.69, 9.17) is 0 Å². The Hall–Kier alpha value is 0. The minimum Gasteiger partial charge on any atom is -0.0651 e. The van der Waals surface area contributed by atoms with Crippen molar-refractivity contribution in [3.63, 3.8) is 0 Å². The van der Waals surface area contributed by atoms with E-state index in [9.17, 15) is 0 Å². The minimum atomic E-state index is 0.883. The van der Waals surface area contributed by atoms with E-state index < -0.39 is 0 Å². The Labute approximate surface area is 121 Å². The number of rotatable bonds is 3. The number of fused-ring (bicyclic) bond motifs is 1. The van der Waals surface area contributed by atoms with Gasteiger partial charge in [-0.2, -0.15) is 0 Å². The molecule has 2 fully saturated rings. The molecule has 112 valence electrons. The van der Waals surface area contributed by atoms with Gasteiger partial charge in [0.1, 0.15) is 0 Å². The first-order valence-corrected chi connectivity index (χ1v) is 8.93. The van der Waals surface area contributed by atoms with Crippen LogP contribution >= 0.6 is 0 Å². The third-order valence-electron chi connectivity index (χ3n) is 6.83. The Morgan fingerprint density at radius 2 is 1.63 bits per heavy atom. The largest absolute Gasteiger partial charge is 0.0651 e. The highest BCUT2D eigenvalue weighted by molar-refractivity contribution is 4.93. The molecule has 0 aromatic rings. The van der Waals surface area contributed by atoms with Gasteiger partial charge in [-0.1, -0.05) is 48.0 Å². The fourth-order valence-corrected chi connectivity index (χ4v) is 5.32. The second kappa shape index (κ2) is 6.19. The van der Waals surface area contributed by atoms with Crippen LogP contribution in [-0.4, -0.2) is 0 Å². The van der Waals surface area contributed by atoms with Crippen molar-refractivity contribution in [3.8, 4) is 0 Å². The summed E-state index contributed by atoms with van der Waals surface area (Å²) < 4.78 is 0. The first-order chi connectivity index (χ1) is 8.93. The van der Waals surface area contributed by atoms with Crippen LogP contribution in [0.25, 0.3) is 0 Å². The van der Waals surface area contributed by atoms with Gasteiger partial charge in [-0.15, -0.1) is 0 Å². The molecule has 19 heavy (non-hydrogen) atoms. The van der Waals surface area contributed by atoms with Crippen LogP contribution in [0.3, 0.4) is 0 Å². The lowest BCUT2D eigenvalue weighted by atomic mass is 9.72. The van der Waals surface area contributed by atoms with Gasteiger partial charge in [0.2, 0.25) is 0 Å². The predicted molar refractivity (Wildman–Crippen MR) is 85.0 cm³/mol. The third kappa shape index (κ3) is 3.19. The normalized spacial score (nSPS) is 45.0. The quantitative estimate of drug-likeness (QED) is 0.585. The Bertz CT molecular complexity index is 280. The van der Waals surface area contributed by atoms with Gasteiger partial charge in [-0.25, -0.2) is 0 Å². The molecule has 2 aliphatic rings. The molecule has 0 aromatic carbocycles. The lowest BCUT2D eigenvalue weighted by Gasteiger charge is -2.33. The van der Waals surface area contributed by atoms with Crippen molar-refractivity contribution < 1.29 is 0 Å². The molecule has 0 radical (unpaired) electrons. The van der Waals surface area contributed by atoms with Crippen molar-refractivity contribution in [2.75, 3.05) is 0 Å². The molecule has 0 saturated heterocycles. The standard InChI is InChI=1S/C19H36/c1-7-14(5)18-11-16(12(2)3)10-17-8-13(4)9-19(17)15(18)6/h12-19H,7-11H2,1-6H3. The van der Waals surface area contributed by atoms with E-state index in [1.165, 1.54) is 32.1 Å². The summed E-state index contributed by atoms with van der Waals surface area (Å²) in [5.74, 6) is 7.82. The summed E-state index contributed by atoms with van der Waals surface area (Å²) in [7, 11) is 0. The van der Waals surface area contributed by atoms with Crippen LogP contribution in [0.1, 0.15) is 73.6 Å². The molecule has 7 unspecified atom stereocenters. The summed E-state index contributed by atoms with van der Waals surface area (Å²) in [6.45, 7) is 14.9. The lowest BCUT2D eigenvalue weighted by molar-refractivity contribution is 0.157. The Morgan fingerprint density at radius 1 is 0.947 bits per heavy atom. The topological polar surface area (TPSA) is 0 Å². The fourth-order valence-electron chi connectivity index (χ4n) is 5.32. The molecular weight excluding hydrogens is 228 g/mol. The van der Waals surface area contributed by atoms with E-state index in [0.717, 1.165) is 47.3 Å². The lowest BCUT2D eigenvalue weighted by Crippen LogP contribution is -2.26. The zero-order valence-corrected chi connectivity index (χ0v) is 14.2. The van der Waals surface area contributed by atoms with Crippen LogP contribution in [-0.2, 0) is 0 Å². The van der Waals surface area contributed by atoms with Crippen molar-refractivity contribution in [2.45, 2.75) is 73.6 Å². The van der Waals surface area contributed by atoms with Gasteiger partial charge < -0.3 is 0 Å². The van der Waals surface area contributed by atoms with Gasteiger partial charge in [0.25, 0.3) is 0 Å². The highest BCUT2D eigenvalue weighted by atomic mass is 14.5. The monoisotopic (exact) mass is 264 g/mol. The van der Waals surface area contributed by atoms with E-state index >= 15 is 0 Å². The Morgan fingerprint density at radius 3 is 2.21 bits per heavy atom. The fraction of sp³-hybridized carbons (Fsp3) is 1.00. The average molecular weight is 264 g/mol. The highest BCUT2D eigenvalue weighted by Gasteiger charge is 2.43. The first-order valence-electron chi connectivity index (χ1n) is 8.93. The maximum Gasteiger partial charge on any atom is -0.0355 e. The van der Waals surface area contributed by atoms with Gasteiger partial charge in [0, 0.05) is 0 Å². The Balaban J connectivity index is 2.20. The van der Waals surface area contributed by atoms with Crippen molar-refractivity contribution in [3.05, 3.63) is 0 Å². The molecule has 2 aliphatic carbocycles. The molecule has 7 atom stereocenters. The predicted octanol–water partition coefficient (Wildman–Crippen LogP) is 6.01. The van der Waals surface area contributed by atoms with E-state index in [1.807, 2.05) is 0 Å². The Kier molecular flexibility index (Phi) is 5.01. The van der Waals surface area contributed by atoms with Crippen molar-refractivity contribution in [1.29, 1.82) is 0 Å². The van der Waals surface area contributed by atoms with E-state index in [1.54, 1.807) is 0 Å². The van der Waals surface area contributed by atoms with Crippen LogP contribution < -0.4 is 0 Å². The summed E-state index contributed by atoms with van der Waals surface area (Å²) in [4.78, 5) is 0. The van der Waals surface area contributed by atoms with Gasteiger partial charge in [-0.3, -0.25) is 0 Å². The van der Waals surface area contributed by atoms with E-state index in [-0.39, 0.29) is 0 Å². The van der Waals surface area contributed by atoms with Crippen LogP contribution in [0.15, 0.2) is 0 Å². The van der Waals surface area contributed by atoms with Crippen LogP contribution in [0.4, 0.5) is 0 Å². The summed E-state index contributed by atoms with van der Waals surface area (Å²) in [6.07, 6.45) is 7.45. The molecule has 0 heterocycles. The van der Waals surface area contributed by atoms with Crippen molar-refractivity contribution in [1.82, 2.24) is 0 Å². The molecule has 0 N–H and O–H groups in total. The van der Waals surface area contributed by atoms with Gasteiger partial charge >= 0.3 is 0 Å². The van der Waals surface area contributed by atoms with Crippen LogP contribution in [0, 0.1) is 47.3 Å². The molecule has 0 aliphatic heterocycles. The summed E-state index contributed by atoms with van der Waals surface area (Å²) >= 11 is 0. The van der Waals surface area contributed by atoms with E-state index in [0.29, 0.717) is 0 Å². The smallest absolute Gasteiger partial charge is 0.0355 e. The molecule has 0 aromatic heterocycles. The molecule has 2 rings (SSSR count). The molecule has 2 saturated carbocycles. The number of hydrogen-bond acceptors (Lipinski definition) is 0. The average Bonchev–Trinajstić information content (AvgIpc) is 2.67. The van der Waals surface area contributed by atoms with Gasteiger partial charge in [0.05, 0.1) is 0 Å². The molecule has 0 heteroatoms. The molecule has 0 amide bonds. The zero-order chi connectivity index (χ0) is 14.2. The van der Waals surface area contributed by atoms with Crippen LogP contribution in [0.5, 0.6) is 0 Å². The second-order valence-corrected chi connectivity index (χ2v) is 8.38.